The third-order valence-corrected chi connectivity index (χ3v) is 4.21. The molecule has 0 aliphatic rings. The summed E-state index contributed by atoms with van der Waals surface area (Å²) in [7, 11) is 0. The number of rotatable bonds is 9. The fraction of sp³-hybridized carbons (Fsp3) is 0.333. The Morgan fingerprint density at radius 2 is 1.71 bits per heavy atom. The highest BCUT2D eigenvalue weighted by Gasteiger charge is 2.16. The number of halogens is 1. The summed E-state index contributed by atoms with van der Waals surface area (Å²) in [4.78, 5) is 24.4. The molecule has 1 atom stereocenters. The second-order valence-corrected chi connectivity index (χ2v) is 6.32. The van der Waals surface area contributed by atoms with Crippen LogP contribution in [0.5, 0.6) is 11.5 Å². The lowest BCUT2D eigenvalue weighted by Gasteiger charge is -2.16. The van der Waals surface area contributed by atoms with Crippen LogP contribution in [-0.2, 0) is 9.53 Å². The third kappa shape index (κ3) is 5.89. The van der Waals surface area contributed by atoms with Crippen molar-refractivity contribution in [1.29, 1.82) is 0 Å². The molecule has 0 saturated heterocycles. The molecule has 2 rings (SSSR count). The predicted molar refractivity (Wildman–Crippen MR) is 107 cm³/mol. The number of amides is 1. The van der Waals surface area contributed by atoms with Crippen molar-refractivity contribution in [3.8, 4) is 11.5 Å². The first-order valence-electron chi connectivity index (χ1n) is 9.06. The summed E-state index contributed by atoms with van der Waals surface area (Å²) >= 11 is 6.13. The molecule has 0 saturated carbocycles. The van der Waals surface area contributed by atoms with Gasteiger partial charge in [0.05, 0.1) is 24.8 Å². The van der Waals surface area contributed by atoms with Crippen LogP contribution in [0.15, 0.2) is 42.5 Å². The average Bonchev–Trinajstić information content (AvgIpc) is 2.68. The number of carbonyl (C=O) groups excluding carboxylic acids is 2. The van der Waals surface area contributed by atoms with E-state index in [1.165, 1.54) is 0 Å². The maximum Gasteiger partial charge on any atom is 0.338 e. The van der Waals surface area contributed by atoms with Gasteiger partial charge < -0.3 is 19.5 Å². The standard InChI is InChI=1S/C21H24ClNO5/c1-4-26-18-11-10-15(12-19(18)27-5-2)21(25)28-13-20(24)23-14(3)16-8-6-7-9-17(16)22/h6-12,14H,4-5,13H2,1-3H3,(H,23,24)/t14-/m0/s1. The molecular formula is C21H24ClNO5. The SMILES string of the molecule is CCOc1ccc(C(=O)OCC(=O)N[C@@H](C)c2ccccc2Cl)cc1OCC. The summed E-state index contributed by atoms with van der Waals surface area (Å²) in [5.74, 6) is -0.0379. The van der Waals surface area contributed by atoms with E-state index in [9.17, 15) is 9.59 Å². The van der Waals surface area contributed by atoms with Crippen LogP contribution in [-0.4, -0.2) is 31.7 Å². The van der Waals surface area contributed by atoms with Crippen molar-refractivity contribution >= 4 is 23.5 Å². The van der Waals surface area contributed by atoms with Crippen LogP contribution < -0.4 is 14.8 Å². The Hall–Kier alpha value is -2.73. The minimum Gasteiger partial charge on any atom is -0.490 e. The van der Waals surface area contributed by atoms with E-state index in [-0.39, 0.29) is 11.6 Å². The molecule has 28 heavy (non-hydrogen) atoms. The summed E-state index contributed by atoms with van der Waals surface area (Å²) in [5, 5.41) is 3.32. The summed E-state index contributed by atoms with van der Waals surface area (Å²) in [6, 6.07) is 11.7. The quantitative estimate of drug-likeness (QED) is 0.634. The molecule has 1 amide bonds. The summed E-state index contributed by atoms with van der Waals surface area (Å²) in [5.41, 5.74) is 1.07. The van der Waals surface area contributed by atoms with Crippen LogP contribution in [0.2, 0.25) is 5.02 Å². The zero-order valence-corrected chi connectivity index (χ0v) is 16.9. The molecule has 0 spiro atoms. The molecule has 7 heteroatoms. The molecule has 0 aliphatic carbocycles. The molecule has 0 fully saturated rings. The number of benzene rings is 2. The fourth-order valence-corrected chi connectivity index (χ4v) is 2.88. The summed E-state index contributed by atoms with van der Waals surface area (Å²) in [6.45, 7) is 6.02. The van der Waals surface area contributed by atoms with Gasteiger partial charge >= 0.3 is 5.97 Å². The fourth-order valence-electron chi connectivity index (χ4n) is 2.58. The van der Waals surface area contributed by atoms with E-state index in [0.29, 0.717) is 29.7 Å². The molecule has 1 N–H and O–H groups in total. The highest BCUT2D eigenvalue weighted by molar-refractivity contribution is 6.31. The van der Waals surface area contributed by atoms with Crippen LogP contribution in [0.25, 0.3) is 0 Å². The molecule has 150 valence electrons. The van der Waals surface area contributed by atoms with E-state index in [1.54, 1.807) is 24.3 Å². The lowest BCUT2D eigenvalue weighted by atomic mass is 10.1. The maximum absolute atomic E-state index is 12.3. The van der Waals surface area contributed by atoms with Gasteiger partial charge in [0.25, 0.3) is 5.91 Å². The Kier molecular flexibility index (Phi) is 8.14. The van der Waals surface area contributed by atoms with Gasteiger partial charge in [-0.3, -0.25) is 4.79 Å². The van der Waals surface area contributed by atoms with Gasteiger partial charge in [0.15, 0.2) is 18.1 Å². The zero-order chi connectivity index (χ0) is 20.5. The molecule has 0 aromatic heterocycles. The minimum absolute atomic E-state index is 0.277. The largest absolute Gasteiger partial charge is 0.490 e. The highest BCUT2D eigenvalue weighted by Crippen LogP contribution is 2.29. The van der Waals surface area contributed by atoms with Crippen LogP contribution in [0.4, 0.5) is 0 Å². The Labute approximate surface area is 169 Å². The third-order valence-electron chi connectivity index (χ3n) is 3.86. The first-order chi connectivity index (χ1) is 13.5. The molecule has 6 nitrogen and oxygen atoms in total. The van der Waals surface area contributed by atoms with Gasteiger partial charge in [-0.25, -0.2) is 4.79 Å². The summed E-state index contributed by atoms with van der Waals surface area (Å²) < 4.78 is 16.1. The van der Waals surface area contributed by atoms with E-state index in [0.717, 1.165) is 5.56 Å². The average molecular weight is 406 g/mol. The van der Waals surface area contributed by atoms with Gasteiger partial charge in [0.1, 0.15) is 0 Å². The molecule has 0 heterocycles. The van der Waals surface area contributed by atoms with Gasteiger partial charge in [-0.1, -0.05) is 29.8 Å². The lowest BCUT2D eigenvalue weighted by Crippen LogP contribution is -2.31. The number of hydrogen-bond acceptors (Lipinski definition) is 5. The van der Waals surface area contributed by atoms with E-state index in [1.807, 2.05) is 39.0 Å². The van der Waals surface area contributed by atoms with Crippen LogP contribution in [0.1, 0.15) is 42.7 Å². The van der Waals surface area contributed by atoms with Crippen molar-refractivity contribution in [2.75, 3.05) is 19.8 Å². The number of esters is 1. The van der Waals surface area contributed by atoms with Crippen molar-refractivity contribution in [3.05, 3.63) is 58.6 Å². The zero-order valence-electron chi connectivity index (χ0n) is 16.2. The first-order valence-corrected chi connectivity index (χ1v) is 9.44. The van der Waals surface area contributed by atoms with Gasteiger partial charge in [0.2, 0.25) is 0 Å². The van der Waals surface area contributed by atoms with Crippen LogP contribution >= 0.6 is 11.6 Å². The minimum atomic E-state index is -0.621. The molecule has 0 aliphatic heterocycles. The van der Waals surface area contributed by atoms with Gasteiger partial charge in [0, 0.05) is 5.02 Å². The monoisotopic (exact) mass is 405 g/mol. The van der Waals surface area contributed by atoms with Crippen molar-refractivity contribution in [1.82, 2.24) is 5.32 Å². The maximum atomic E-state index is 12.3. The highest BCUT2D eigenvalue weighted by atomic mass is 35.5. The van der Waals surface area contributed by atoms with Crippen molar-refractivity contribution in [2.24, 2.45) is 0 Å². The normalized spacial score (nSPS) is 11.4. The molecule has 0 unspecified atom stereocenters. The first kappa shape index (κ1) is 21.6. The van der Waals surface area contributed by atoms with E-state index in [4.69, 9.17) is 25.8 Å². The molecule has 0 bridgehead atoms. The molecule has 2 aromatic rings. The summed E-state index contributed by atoms with van der Waals surface area (Å²) in [6.07, 6.45) is 0. The van der Waals surface area contributed by atoms with Crippen LogP contribution in [0, 0.1) is 0 Å². The molecular weight excluding hydrogens is 382 g/mol. The van der Waals surface area contributed by atoms with Gasteiger partial charge in [-0.05, 0) is 50.6 Å². The Bertz CT molecular complexity index is 824. The van der Waals surface area contributed by atoms with Crippen molar-refractivity contribution in [2.45, 2.75) is 26.8 Å². The van der Waals surface area contributed by atoms with Gasteiger partial charge in [-0.2, -0.15) is 0 Å². The van der Waals surface area contributed by atoms with E-state index in [2.05, 4.69) is 5.32 Å². The molecule has 2 aromatic carbocycles. The van der Waals surface area contributed by atoms with E-state index >= 15 is 0 Å². The van der Waals surface area contributed by atoms with Crippen molar-refractivity contribution < 1.29 is 23.8 Å². The second-order valence-electron chi connectivity index (χ2n) is 5.91. The predicted octanol–water partition coefficient (Wildman–Crippen LogP) is 4.17. The number of nitrogens with one attached hydrogen (secondary N) is 1. The molecule has 0 radical (unpaired) electrons. The Balaban J connectivity index is 1.95. The van der Waals surface area contributed by atoms with Crippen molar-refractivity contribution in [3.63, 3.8) is 0 Å². The number of hydrogen-bond donors (Lipinski definition) is 1. The Morgan fingerprint density at radius 3 is 2.39 bits per heavy atom. The Morgan fingerprint density at radius 1 is 1.04 bits per heavy atom. The van der Waals surface area contributed by atoms with E-state index < -0.39 is 18.5 Å². The topological polar surface area (TPSA) is 73.9 Å². The number of carbonyl (C=O) groups is 2. The number of ether oxygens (including phenoxy) is 3. The lowest BCUT2D eigenvalue weighted by molar-refractivity contribution is -0.124. The second kappa shape index (κ2) is 10.6. The van der Waals surface area contributed by atoms with Crippen LogP contribution in [0.3, 0.4) is 0 Å². The van der Waals surface area contributed by atoms with Gasteiger partial charge in [-0.15, -0.1) is 0 Å². The smallest absolute Gasteiger partial charge is 0.338 e.